The SMILES string of the molecule is Cn1cc(C2(C)COC2)nn1. The number of ether oxygens (including phenoxy) is 1. The van der Waals surface area contributed by atoms with Crippen molar-refractivity contribution in [3.8, 4) is 0 Å². The molecule has 1 aromatic heterocycles. The third-order valence-corrected chi connectivity index (χ3v) is 2.06. The molecule has 1 fully saturated rings. The van der Waals surface area contributed by atoms with Gasteiger partial charge in [-0.25, -0.2) is 0 Å². The highest BCUT2D eigenvalue weighted by Gasteiger charge is 2.37. The van der Waals surface area contributed by atoms with Crippen molar-refractivity contribution in [3.05, 3.63) is 11.9 Å². The summed E-state index contributed by atoms with van der Waals surface area (Å²) in [5.74, 6) is 0. The van der Waals surface area contributed by atoms with Gasteiger partial charge in [-0.1, -0.05) is 5.21 Å². The third-order valence-electron chi connectivity index (χ3n) is 2.06. The van der Waals surface area contributed by atoms with Gasteiger partial charge in [-0.3, -0.25) is 4.68 Å². The third kappa shape index (κ3) is 0.939. The van der Waals surface area contributed by atoms with Crippen LogP contribution in [-0.4, -0.2) is 28.2 Å². The number of rotatable bonds is 1. The quantitative estimate of drug-likeness (QED) is 0.574. The Labute approximate surface area is 65.2 Å². The molecule has 1 aliphatic heterocycles. The summed E-state index contributed by atoms with van der Waals surface area (Å²) in [6.45, 7) is 3.68. The lowest BCUT2D eigenvalue weighted by molar-refractivity contribution is -0.0521. The van der Waals surface area contributed by atoms with Gasteiger partial charge >= 0.3 is 0 Å². The van der Waals surface area contributed by atoms with E-state index < -0.39 is 0 Å². The summed E-state index contributed by atoms with van der Waals surface area (Å²) >= 11 is 0. The highest BCUT2D eigenvalue weighted by molar-refractivity contribution is 5.14. The van der Waals surface area contributed by atoms with Crippen LogP contribution in [0, 0.1) is 0 Å². The van der Waals surface area contributed by atoms with Crippen molar-refractivity contribution in [1.82, 2.24) is 15.0 Å². The molecule has 4 heteroatoms. The van der Waals surface area contributed by atoms with Crippen molar-refractivity contribution in [2.24, 2.45) is 7.05 Å². The van der Waals surface area contributed by atoms with Gasteiger partial charge in [0.15, 0.2) is 0 Å². The minimum atomic E-state index is 0.119. The molecule has 0 unspecified atom stereocenters. The van der Waals surface area contributed by atoms with Crippen molar-refractivity contribution in [3.63, 3.8) is 0 Å². The first-order valence-corrected chi connectivity index (χ1v) is 3.65. The van der Waals surface area contributed by atoms with Crippen LogP contribution in [0.1, 0.15) is 12.6 Å². The van der Waals surface area contributed by atoms with Gasteiger partial charge in [0.2, 0.25) is 0 Å². The van der Waals surface area contributed by atoms with Gasteiger partial charge in [0.05, 0.1) is 24.3 Å². The summed E-state index contributed by atoms with van der Waals surface area (Å²) in [4.78, 5) is 0. The fourth-order valence-corrected chi connectivity index (χ4v) is 1.18. The smallest absolute Gasteiger partial charge is 0.0932 e. The molecule has 0 radical (unpaired) electrons. The van der Waals surface area contributed by atoms with Gasteiger partial charge in [0.25, 0.3) is 0 Å². The predicted molar refractivity (Wildman–Crippen MR) is 39.2 cm³/mol. The minimum Gasteiger partial charge on any atom is -0.379 e. The van der Waals surface area contributed by atoms with Crippen molar-refractivity contribution in [2.75, 3.05) is 13.2 Å². The average molecular weight is 153 g/mol. The maximum absolute atomic E-state index is 5.12. The highest BCUT2D eigenvalue weighted by atomic mass is 16.5. The first kappa shape index (κ1) is 6.79. The van der Waals surface area contributed by atoms with E-state index in [1.807, 2.05) is 13.2 Å². The van der Waals surface area contributed by atoms with Crippen LogP contribution in [0.15, 0.2) is 6.20 Å². The lowest BCUT2D eigenvalue weighted by Gasteiger charge is -2.35. The molecule has 2 rings (SSSR count). The van der Waals surface area contributed by atoms with Gasteiger partial charge in [-0.05, 0) is 6.92 Å². The molecule has 1 aliphatic rings. The normalized spacial score (nSPS) is 21.3. The van der Waals surface area contributed by atoms with Crippen molar-refractivity contribution >= 4 is 0 Å². The predicted octanol–water partition coefficient (Wildman–Crippen LogP) is 0.103. The molecule has 11 heavy (non-hydrogen) atoms. The second-order valence-electron chi connectivity index (χ2n) is 3.33. The summed E-state index contributed by atoms with van der Waals surface area (Å²) in [5, 5.41) is 7.92. The fraction of sp³-hybridized carbons (Fsp3) is 0.714. The van der Waals surface area contributed by atoms with Crippen LogP contribution >= 0.6 is 0 Å². The Morgan fingerprint density at radius 2 is 2.36 bits per heavy atom. The molecule has 4 nitrogen and oxygen atoms in total. The zero-order chi connectivity index (χ0) is 7.90. The molecule has 0 bridgehead atoms. The zero-order valence-electron chi connectivity index (χ0n) is 6.74. The maximum atomic E-state index is 5.12. The highest BCUT2D eigenvalue weighted by Crippen LogP contribution is 2.29. The molecule has 0 amide bonds. The van der Waals surface area contributed by atoms with E-state index in [1.165, 1.54) is 0 Å². The molecule has 0 N–H and O–H groups in total. The molecule has 2 heterocycles. The zero-order valence-corrected chi connectivity index (χ0v) is 6.74. The van der Waals surface area contributed by atoms with Gasteiger partial charge < -0.3 is 4.74 Å². The Balaban J connectivity index is 2.28. The fourth-order valence-electron chi connectivity index (χ4n) is 1.18. The van der Waals surface area contributed by atoms with E-state index in [0.717, 1.165) is 18.9 Å². The standard InChI is InChI=1S/C7H11N3O/c1-7(4-11-5-7)6-3-10(2)9-8-6/h3H,4-5H2,1-2H3. The van der Waals surface area contributed by atoms with Gasteiger partial charge in [0.1, 0.15) is 0 Å². The van der Waals surface area contributed by atoms with Crippen LogP contribution in [0.25, 0.3) is 0 Å². The second kappa shape index (κ2) is 2.04. The summed E-state index contributed by atoms with van der Waals surface area (Å²) in [5.41, 5.74) is 1.15. The van der Waals surface area contributed by atoms with Crippen molar-refractivity contribution in [1.29, 1.82) is 0 Å². The monoisotopic (exact) mass is 153 g/mol. The van der Waals surface area contributed by atoms with Crippen molar-refractivity contribution < 1.29 is 4.74 Å². The lowest BCUT2D eigenvalue weighted by Crippen LogP contribution is -2.44. The number of hydrogen-bond acceptors (Lipinski definition) is 3. The van der Waals surface area contributed by atoms with Crippen molar-refractivity contribution in [2.45, 2.75) is 12.3 Å². The molecule has 1 aromatic rings. The van der Waals surface area contributed by atoms with E-state index in [0.29, 0.717) is 0 Å². The van der Waals surface area contributed by atoms with Crippen LogP contribution in [0.4, 0.5) is 0 Å². The molecular formula is C7H11N3O. The van der Waals surface area contributed by atoms with E-state index in [9.17, 15) is 0 Å². The molecule has 1 saturated heterocycles. The molecule has 0 aromatic carbocycles. The van der Waals surface area contributed by atoms with E-state index in [2.05, 4.69) is 17.2 Å². The topological polar surface area (TPSA) is 39.9 Å². The average Bonchev–Trinajstić information content (AvgIpc) is 2.31. The van der Waals surface area contributed by atoms with Crippen LogP contribution in [0.5, 0.6) is 0 Å². The lowest BCUT2D eigenvalue weighted by atomic mass is 9.85. The Hall–Kier alpha value is -0.900. The molecule has 0 spiro atoms. The second-order valence-corrected chi connectivity index (χ2v) is 3.33. The Kier molecular flexibility index (Phi) is 1.26. The first-order valence-electron chi connectivity index (χ1n) is 3.65. The number of nitrogens with zero attached hydrogens (tertiary/aromatic N) is 3. The maximum Gasteiger partial charge on any atom is 0.0932 e. The van der Waals surface area contributed by atoms with Crippen LogP contribution < -0.4 is 0 Å². The van der Waals surface area contributed by atoms with Crippen LogP contribution in [0.2, 0.25) is 0 Å². The summed E-state index contributed by atoms with van der Waals surface area (Å²) in [7, 11) is 1.87. The van der Waals surface area contributed by atoms with E-state index in [4.69, 9.17) is 4.74 Å². The molecule has 0 aliphatic carbocycles. The molecular weight excluding hydrogens is 142 g/mol. The van der Waals surface area contributed by atoms with E-state index in [1.54, 1.807) is 4.68 Å². The van der Waals surface area contributed by atoms with E-state index in [-0.39, 0.29) is 5.41 Å². The number of hydrogen-bond donors (Lipinski definition) is 0. The Bertz CT molecular complexity index is 264. The van der Waals surface area contributed by atoms with Gasteiger partial charge in [0, 0.05) is 13.2 Å². The first-order chi connectivity index (χ1) is 5.21. The van der Waals surface area contributed by atoms with E-state index >= 15 is 0 Å². The molecule has 0 saturated carbocycles. The summed E-state index contributed by atoms with van der Waals surface area (Å²) < 4.78 is 6.85. The minimum absolute atomic E-state index is 0.119. The van der Waals surface area contributed by atoms with Gasteiger partial charge in [-0.15, -0.1) is 5.10 Å². The molecule has 60 valence electrons. The number of aryl methyl sites for hydroxylation is 1. The Morgan fingerprint density at radius 1 is 1.64 bits per heavy atom. The Morgan fingerprint density at radius 3 is 2.73 bits per heavy atom. The number of aromatic nitrogens is 3. The molecule has 0 atom stereocenters. The largest absolute Gasteiger partial charge is 0.379 e. The summed E-state index contributed by atoms with van der Waals surface area (Å²) in [6.07, 6.45) is 1.95. The van der Waals surface area contributed by atoms with Gasteiger partial charge in [-0.2, -0.15) is 0 Å². The van der Waals surface area contributed by atoms with Crippen LogP contribution in [0.3, 0.4) is 0 Å². The van der Waals surface area contributed by atoms with Crippen LogP contribution in [-0.2, 0) is 17.2 Å². The summed E-state index contributed by atoms with van der Waals surface area (Å²) in [6, 6.07) is 0.